The molecule has 2 atom stereocenters. The van der Waals surface area contributed by atoms with Gasteiger partial charge in [-0.15, -0.1) is 0 Å². The minimum absolute atomic E-state index is 0.146. The number of aliphatic carboxylic acids is 1. The first-order valence-electron chi connectivity index (χ1n) is 6.66. The molecule has 0 heterocycles. The van der Waals surface area contributed by atoms with E-state index in [1.165, 1.54) is 0 Å². The summed E-state index contributed by atoms with van der Waals surface area (Å²) in [6.07, 6.45) is 2.95. The van der Waals surface area contributed by atoms with Crippen molar-refractivity contribution >= 4 is 5.97 Å². The molecular formula is C15H30O2. The van der Waals surface area contributed by atoms with E-state index in [0.717, 1.165) is 19.3 Å². The van der Waals surface area contributed by atoms with E-state index >= 15 is 0 Å². The highest BCUT2D eigenvalue weighted by Gasteiger charge is 2.31. The van der Waals surface area contributed by atoms with Gasteiger partial charge in [0.2, 0.25) is 0 Å². The quantitative estimate of drug-likeness (QED) is 0.766. The van der Waals surface area contributed by atoms with E-state index in [9.17, 15) is 9.90 Å². The van der Waals surface area contributed by atoms with Gasteiger partial charge in [0.25, 0.3) is 0 Å². The molecule has 0 saturated carbocycles. The summed E-state index contributed by atoms with van der Waals surface area (Å²) in [6, 6.07) is 0. The second-order valence-corrected chi connectivity index (χ2v) is 7.70. The SMILES string of the molecule is CC(CCC(C(=O)O)C(C)(C)C)CC(C)(C)C. The summed E-state index contributed by atoms with van der Waals surface area (Å²) in [5, 5.41) is 9.25. The molecule has 0 aromatic rings. The topological polar surface area (TPSA) is 37.3 Å². The average Bonchev–Trinajstić information content (AvgIpc) is 1.96. The Bertz CT molecular complexity index is 243. The molecule has 0 aromatic carbocycles. The van der Waals surface area contributed by atoms with Gasteiger partial charge in [-0.05, 0) is 36.0 Å². The maximum Gasteiger partial charge on any atom is 0.307 e. The zero-order valence-corrected chi connectivity index (χ0v) is 12.6. The maximum absolute atomic E-state index is 11.2. The molecule has 17 heavy (non-hydrogen) atoms. The monoisotopic (exact) mass is 242 g/mol. The number of carbonyl (C=O) groups is 1. The van der Waals surface area contributed by atoms with Crippen molar-refractivity contribution in [2.45, 2.75) is 67.7 Å². The Labute approximate surface area is 107 Å². The lowest BCUT2D eigenvalue weighted by Gasteiger charge is -2.29. The van der Waals surface area contributed by atoms with Gasteiger partial charge in [-0.25, -0.2) is 0 Å². The van der Waals surface area contributed by atoms with Gasteiger partial charge in [0.1, 0.15) is 0 Å². The molecule has 0 saturated heterocycles. The molecule has 102 valence electrons. The van der Waals surface area contributed by atoms with Crippen LogP contribution in [0.2, 0.25) is 0 Å². The normalized spacial score (nSPS) is 16.6. The van der Waals surface area contributed by atoms with E-state index in [1.54, 1.807) is 0 Å². The lowest BCUT2D eigenvalue weighted by molar-refractivity contribution is -0.145. The van der Waals surface area contributed by atoms with Crippen molar-refractivity contribution in [2.75, 3.05) is 0 Å². The van der Waals surface area contributed by atoms with Crippen LogP contribution in [0.5, 0.6) is 0 Å². The first kappa shape index (κ1) is 16.5. The fourth-order valence-electron chi connectivity index (χ4n) is 2.53. The lowest BCUT2D eigenvalue weighted by atomic mass is 9.75. The van der Waals surface area contributed by atoms with Gasteiger partial charge in [0, 0.05) is 0 Å². The first-order chi connectivity index (χ1) is 7.43. The summed E-state index contributed by atoms with van der Waals surface area (Å²) in [5.41, 5.74) is 0.188. The third kappa shape index (κ3) is 7.40. The molecule has 0 radical (unpaired) electrons. The number of carboxylic acids is 1. The molecule has 0 aliphatic rings. The summed E-state index contributed by atoms with van der Waals surface area (Å²) < 4.78 is 0. The largest absolute Gasteiger partial charge is 0.481 e. The lowest BCUT2D eigenvalue weighted by Crippen LogP contribution is -2.29. The van der Waals surface area contributed by atoms with E-state index in [1.807, 2.05) is 20.8 Å². The van der Waals surface area contributed by atoms with Crippen LogP contribution in [0.4, 0.5) is 0 Å². The van der Waals surface area contributed by atoms with Crippen molar-refractivity contribution in [3.8, 4) is 0 Å². The Morgan fingerprint density at radius 2 is 1.53 bits per heavy atom. The number of hydrogen-bond donors (Lipinski definition) is 1. The number of rotatable bonds is 5. The van der Waals surface area contributed by atoms with Crippen molar-refractivity contribution in [3.63, 3.8) is 0 Å². The maximum atomic E-state index is 11.2. The van der Waals surface area contributed by atoms with Crippen LogP contribution in [-0.4, -0.2) is 11.1 Å². The second-order valence-electron chi connectivity index (χ2n) is 7.70. The van der Waals surface area contributed by atoms with Crippen LogP contribution in [-0.2, 0) is 4.79 Å². The molecule has 2 nitrogen and oxygen atoms in total. The molecule has 0 aliphatic heterocycles. The molecule has 0 bridgehead atoms. The predicted molar refractivity (Wildman–Crippen MR) is 73.1 cm³/mol. The fraction of sp³-hybridized carbons (Fsp3) is 0.933. The summed E-state index contributed by atoms with van der Waals surface area (Å²) in [4.78, 5) is 11.2. The molecule has 0 rings (SSSR count). The predicted octanol–water partition coefficient (Wildman–Crippen LogP) is 4.59. The van der Waals surface area contributed by atoms with Crippen LogP contribution in [0.1, 0.15) is 67.7 Å². The second kappa shape index (κ2) is 5.88. The van der Waals surface area contributed by atoms with E-state index < -0.39 is 5.97 Å². The molecule has 2 heteroatoms. The minimum atomic E-state index is -0.652. The fourth-order valence-corrected chi connectivity index (χ4v) is 2.53. The highest BCUT2D eigenvalue weighted by atomic mass is 16.4. The standard InChI is InChI=1S/C15H30O2/c1-11(10-14(2,3)4)8-9-12(13(16)17)15(5,6)7/h11-12H,8-10H2,1-7H3,(H,16,17). The minimum Gasteiger partial charge on any atom is -0.481 e. The summed E-state index contributed by atoms with van der Waals surface area (Å²) in [5.74, 6) is -0.287. The van der Waals surface area contributed by atoms with Gasteiger partial charge >= 0.3 is 5.97 Å². The Kier molecular flexibility index (Phi) is 5.70. The average molecular weight is 242 g/mol. The molecular weight excluding hydrogens is 212 g/mol. The molecule has 2 unspecified atom stereocenters. The van der Waals surface area contributed by atoms with Crippen molar-refractivity contribution in [3.05, 3.63) is 0 Å². The third-order valence-electron chi connectivity index (χ3n) is 3.25. The van der Waals surface area contributed by atoms with Crippen molar-refractivity contribution in [1.82, 2.24) is 0 Å². The smallest absolute Gasteiger partial charge is 0.307 e. The highest BCUT2D eigenvalue weighted by molar-refractivity contribution is 5.70. The van der Waals surface area contributed by atoms with Crippen molar-refractivity contribution in [2.24, 2.45) is 22.7 Å². The summed E-state index contributed by atoms with van der Waals surface area (Å²) in [6.45, 7) is 15.0. The zero-order valence-electron chi connectivity index (χ0n) is 12.6. The van der Waals surface area contributed by atoms with Crippen molar-refractivity contribution < 1.29 is 9.90 Å². The molecule has 1 N–H and O–H groups in total. The Morgan fingerprint density at radius 3 is 1.82 bits per heavy atom. The van der Waals surface area contributed by atoms with E-state index in [0.29, 0.717) is 11.3 Å². The van der Waals surface area contributed by atoms with Crippen LogP contribution >= 0.6 is 0 Å². The van der Waals surface area contributed by atoms with E-state index in [-0.39, 0.29) is 11.3 Å². The molecule has 0 aliphatic carbocycles. The zero-order chi connectivity index (χ0) is 13.9. The van der Waals surface area contributed by atoms with Crippen LogP contribution in [0, 0.1) is 22.7 Å². The van der Waals surface area contributed by atoms with Gasteiger partial charge in [-0.1, -0.05) is 48.5 Å². The highest BCUT2D eigenvalue weighted by Crippen LogP contribution is 2.33. The van der Waals surface area contributed by atoms with Crippen molar-refractivity contribution in [1.29, 1.82) is 0 Å². The van der Waals surface area contributed by atoms with Gasteiger partial charge < -0.3 is 5.11 Å². The first-order valence-corrected chi connectivity index (χ1v) is 6.66. The van der Waals surface area contributed by atoms with Gasteiger partial charge in [0.15, 0.2) is 0 Å². The van der Waals surface area contributed by atoms with E-state index in [4.69, 9.17) is 0 Å². The Hall–Kier alpha value is -0.530. The molecule has 0 aromatic heterocycles. The summed E-state index contributed by atoms with van der Waals surface area (Å²) in [7, 11) is 0. The van der Waals surface area contributed by atoms with Crippen LogP contribution in [0.25, 0.3) is 0 Å². The van der Waals surface area contributed by atoms with Crippen LogP contribution in [0.15, 0.2) is 0 Å². The number of hydrogen-bond acceptors (Lipinski definition) is 1. The van der Waals surface area contributed by atoms with Gasteiger partial charge in [-0.2, -0.15) is 0 Å². The van der Waals surface area contributed by atoms with Crippen LogP contribution in [0.3, 0.4) is 0 Å². The Balaban J connectivity index is 4.29. The van der Waals surface area contributed by atoms with Gasteiger partial charge in [-0.3, -0.25) is 4.79 Å². The third-order valence-corrected chi connectivity index (χ3v) is 3.25. The summed E-state index contributed by atoms with van der Waals surface area (Å²) >= 11 is 0. The van der Waals surface area contributed by atoms with E-state index in [2.05, 4.69) is 27.7 Å². The van der Waals surface area contributed by atoms with Crippen LogP contribution < -0.4 is 0 Å². The molecule has 0 amide bonds. The van der Waals surface area contributed by atoms with Gasteiger partial charge in [0.05, 0.1) is 5.92 Å². The number of carboxylic acid groups (broad SMARTS) is 1. The molecule has 0 fully saturated rings. The molecule has 0 spiro atoms. The Morgan fingerprint density at radius 1 is 1.06 bits per heavy atom.